The van der Waals surface area contributed by atoms with Gasteiger partial charge in [0.15, 0.2) is 6.10 Å². The molecular formula is C13H17N3O3. The van der Waals surface area contributed by atoms with Gasteiger partial charge < -0.3 is 10.1 Å². The quantitative estimate of drug-likeness (QED) is 0.703. The summed E-state index contributed by atoms with van der Waals surface area (Å²) in [5.41, 5.74) is 6.54. The summed E-state index contributed by atoms with van der Waals surface area (Å²) < 4.78 is 5.46. The summed E-state index contributed by atoms with van der Waals surface area (Å²) in [6.45, 7) is 3.48. The topological polar surface area (TPSA) is 79.5 Å². The summed E-state index contributed by atoms with van der Waals surface area (Å²) in [7, 11) is 1.63. The van der Waals surface area contributed by atoms with Crippen LogP contribution in [-0.4, -0.2) is 25.0 Å². The van der Waals surface area contributed by atoms with E-state index in [0.29, 0.717) is 11.4 Å². The molecular weight excluding hydrogens is 246 g/mol. The Labute approximate surface area is 111 Å². The Bertz CT molecular complexity index is 516. The number of anilines is 1. The standard InChI is InChI=1S/C13H17N3O3/c1-7(12(17)16-14-3)9-4-5-11-10(6-9)15-13(18)8(2)19-11/h4-8,14H,1-3H3,(H,15,18)(H,16,17). The third kappa shape index (κ3) is 2.68. The molecule has 19 heavy (non-hydrogen) atoms. The zero-order valence-corrected chi connectivity index (χ0v) is 11.1. The van der Waals surface area contributed by atoms with Gasteiger partial charge in [-0.1, -0.05) is 6.07 Å². The van der Waals surface area contributed by atoms with Crippen LogP contribution in [0.5, 0.6) is 5.75 Å². The number of ether oxygens (including phenoxy) is 1. The number of nitrogens with one attached hydrogen (secondary N) is 3. The Balaban J connectivity index is 2.24. The number of carbonyl (C=O) groups excluding carboxylic acids is 2. The second-order valence-electron chi connectivity index (χ2n) is 4.47. The number of benzene rings is 1. The van der Waals surface area contributed by atoms with E-state index < -0.39 is 6.10 Å². The van der Waals surface area contributed by atoms with Crippen LogP contribution in [0.15, 0.2) is 18.2 Å². The predicted molar refractivity (Wildman–Crippen MR) is 70.8 cm³/mol. The molecule has 0 aliphatic carbocycles. The van der Waals surface area contributed by atoms with E-state index in [0.717, 1.165) is 5.56 Å². The molecule has 0 saturated heterocycles. The van der Waals surface area contributed by atoms with Crippen molar-refractivity contribution < 1.29 is 14.3 Å². The minimum absolute atomic E-state index is 0.140. The summed E-state index contributed by atoms with van der Waals surface area (Å²) >= 11 is 0. The molecule has 1 aliphatic rings. The Hall–Kier alpha value is -2.08. The lowest BCUT2D eigenvalue weighted by Gasteiger charge is -2.24. The molecule has 1 aliphatic heterocycles. The van der Waals surface area contributed by atoms with Crippen LogP contribution in [0.1, 0.15) is 25.3 Å². The van der Waals surface area contributed by atoms with Crippen LogP contribution in [0.2, 0.25) is 0 Å². The number of amides is 2. The van der Waals surface area contributed by atoms with Crippen LogP contribution in [0, 0.1) is 0 Å². The van der Waals surface area contributed by atoms with Crippen molar-refractivity contribution in [3.63, 3.8) is 0 Å². The summed E-state index contributed by atoms with van der Waals surface area (Å²) in [5, 5.41) is 2.76. The van der Waals surface area contributed by atoms with E-state index in [-0.39, 0.29) is 17.7 Å². The normalized spacial score (nSPS) is 18.9. The highest BCUT2D eigenvalue weighted by Crippen LogP contribution is 2.32. The second-order valence-corrected chi connectivity index (χ2v) is 4.47. The molecule has 2 amide bonds. The van der Waals surface area contributed by atoms with Crippen LogP contribution in [0.4, 0.5) is 5.69 Å². The van der Waals surface area contributed by atoms with E-state index in [9.17, 15) is 9.59 Å². The van der Waals surface area contributed by atoms with Gasteiger partial charge >= 0.3 is 0 Å². The van der Waals surface area contributed by atoms with Crippen LogP contribution in [-0.2, 0) is 9.59 Å². The molecule has 0 aromatic heterocycles. The van der Waals surface area contributed by atoms with Gasteiger partial charge in [-0.05, 0) is 31.5 Å². The molecule has 1 aromatic rings. The van der Waals surface area contributed by atoms with E-state index in [1.54, 1.807) is 33.0 Å². The molecule has 2 atom stereocenters. The van der Waals surface area contributed by atoms with Gasteiger partial charge in [-0.3, -0.25) is 15.0 Å². The fourth-order valence-electron chi connectivity index (χ4n) is 1.88. The average Bonchev–Trinajstić information content (AvgIpc) is 2.39. The highest BCUT2D eigenvalue weighted by Gasteiger charge is 2.25. The van der Waals surface area contributed by atoms with E-state index in [1.165, 1.54) is 0 Å². The van der Waals surface area contributed by atoms with Gasteiger partial charge in [-0.25, -0.2) is 5.43 Å². The molecule has 0 bridgehead atoms. The van der Waals surface area contributed by atoms with Crippen LogP contribution >= 0.6 is 0 Å². The molecule has 102 valence electrons. The number of hydrazine groups is 1. The third-order valence-electron chi connectivity index (χ3n) is 3.08. The van der Waals surface area contributed by atoms with E-state index in [1.807, 2.05) is 6.07 Å². The molecule has 2 rings (SSSR count). The lowest BCUT2D eigenvalue weighted by Crippen LogP contribution is -2.37. The lowest BCUT2D eigenvalue weighted by molar-refractivity contribution is -0.123. The van der Waals surface area contributed by atoms with E-state index in [2.05, 4.69) is 16.2 Å². The lowest BCUT2D eigenvalue weighted by atomic mass is 9.99. The summed E-state index contributed by atoms with van der Waals surface area (Å²) in [6, 6.07) is 5.35. The Kier molecular flexibility index (Phi) is 3.71. The number of hydrogen-bond donors (Lipinski definition) is 3. The van der Waals surface area contributed by atoms with Gasteiger partial charge in [0.2, 0.25) is 5.91 Å². The Morgan fingerprint density at radius 2 is 2.21 bits per heavy atom. The van der Waals surface area contributed by atoms with Gasteiger partial charge in [0.05, 0.1) is 11.6 Å². The first-order valence-electron chi connectivity index (χ1n) is 6.11. The molecule has 6 heteroatoms. The zero-order valence-electron chi connectivity index (χ0n) is 11.1. The van der Waals surface area contributed by atoms with Crippen molar-refractivity contribution in [2.24, 2.45) is 0 Å². The Morgan fingerprint density at radius 3 is 2.89 bits per heavy atom. The average molecular weight is 263 g/mol. The molecule has 6 nitrogen and oxygen atoms in total. The minimum Gasteiger partial charge on any atom is -0.479 e. The Morgan fingerprint density at radius 1 is 1.47 bits per heavy atom. The fourth-order valence-corrected chi connectivity index (χ4v) is 1.88. The zero-order chi connectivity index (χ0) is 14.0. The molecule has 0 saturated carbocycles. The fraction of sp³-hybridized carbons (Fsp3) is 0.385. The van der Waals surface area contributed by atoms with Gasteiger partial charge in [0, 0.05) is 7.05 Å². The molecule has 0 fully saturated rings. The van der Waals surface area contributed by atoms with Crippen LogP contribution in [0.3, 0.4) is 0 Å². The monoisotopic (exact) mass is 263 g/mol. The van der Waals surface area contributed by atoms with Gasteiger partial charge in [0.1, 0.15) is 5.75 Å². The summed E-state index contributed by atoms with van der Waals surface area (Å²) in [4.78, 5) is 23.3. The molecule has 3 N–H and O–H groups in total. The van der Waals surface area contributed by atoms with E-state index in [4.69, 9.17) is 4.74 Å². The first-order chi connectivity index (χ1) is 9.02. The molecule has 2 unspecified atom stereocenters. The number of hydrogen-bond acceptors (Lipinski definition) is 4. The number of rotatable bonds is 3. The SMILES string of the molecule is CNNC(=O)C(C)c1ccc2c(c1)NC(=O)C(C)O2. The largest absolute Gasteiger partial charge is 0.479 e. The summed E-state index contributed by atoms with van der Waals surface area (Å²) in [6.07, 6.45) is -0.497. The van der Waals surface area contributed by atoms with Crippen molar-refractivity contribution in [3.8, 4) is 5.75 Å². The van der Waals surface area contributed by atoms with Crippen molar-refractivity contribution in [2.75, 3.05) is 12.4 Å². The van der Waals surface area contributed by atoms with Crippen molar-refractivity contribution in [1.82, 2.24) is 10.9 Å². The van der Waals surface area contributed by atoms with Crippen LogP contribution in [0.25, 0.3) is 0 Å². The maximum Gasteiger partial charge on any atom is 0.265 e. The molecule has 1 aromatic carbocycles. The van der Waals surface area contributed by atoms with E-state index >= 15 is 0 Å². The van der Waals surface area contributed by atoms with Crippen LogP contribution < -0.4 is 20.9 Å². The van der Waals surface area contributed by atoms with Crippen molar-refractivity contribution >= 4 is 17.5 Å². The summed E-state index contributed by atoms with van der Waals surface area (Å²) in [5.74, 6) is -0.0260. The van der Waals surface area contributed by atoms with Crippen molar-refractivity contribution in [3.05, 3.63) is 23.8 Å². The predicted octanol–water partition coefficient (Wildman–Crippen LogP) is 0.760. The van der Waals surface area contributed by atoms with Crippen molar-refractivity contribution in [2.45, 2.75) is 25.9 Å². The maximum atomic E-state index is 11.7. The highest BCUT2D eigenvalue weighted by molar-refractivity contribution is 5.97. The highest BCUT2D eigenvalue weighted by atomic mass is 16.5. The molecule has 0 radical (unpaired) electrons. The van der Waals surface area contributed by atoms with Crippen molar-refractivity contribution in [1.29, 1.82) is 0 Å². The van der Waals surface area contributed by atoms with Gasteiger partial charge in [0.25, 0.3) is 5.91 Å². The second kappa shape index (κ2) is 5.27. The smallest absolute Gasteiger partial charge is 0.265 e. The maximum absolute atomic E-state index is 11.7. The van der Waals surface area contributed by atoms with Gasteiger partial charge in [-0.2, -0.15) is 0 Å². The number of carbonyl (C=O) groups is 2. The molecule has 1 heterocycles. The minimum atomic E-state index is -0.497. The third-order valence-corrected chi connectivity index (χ3v) is 3.08. The van der Waals surface area contributed by atoms with Gasteiger partial charge in [-0.15, -0.1) is 0 Å². The number of fused-ring (bicyclic) bond motifs is 1. The molecule has 0 spiro atoms. The first kappa shape index (κ1) is 13.4. The first-order valence-corrected chi connectivity index (χ1v) is 6.11.